The SMILES string of the molecule is CN1C2CC(C=O)CC3CCC321. The van der Waals surface area contributed by atoms with Crippen molar-refractivity contribution in [3.8, 4) is 0 Å². The van der Waals surface area contributed by atoms with Gasteiger partial charge in [-0.15, -0.1) is 0 Å². The molecule has 2 aliphatic carbocycles. The summed E-state index contributed by atoms with van der Waals surface area (Å²) in [5.41, 5.74) is 0.597. The summed E-state index contributed by atoms with van der Waals surface area (Å²) >= 11 is 0. The number of likely N-dealkylation sites (tertiary alicyclic amines) is 1. The summed E-state index contributed by atoms with van der Waals surface area (Å²) in [4.78, 5) is 13.2. The molecule has 3 aliphatic rings. The van der Waals surface area contributed by atoms with Gasteiger partial charge < -0.3 is 4.79 Å². The second-order valence-electron chi connectivity index (χ2n) is 4.72. The normalized spacial score (nSPS) is 61.1. The van der Waals surface area contributed by atoms with Gasteiger partial charge in [0.15, 0.2) is 0 Å². The molecule has 3 fully saturated rings. The van der Waals surface area contributed by atoms with Gasteiger partial charge in [-0.1, -0.05) is 0 Å². The molecule has 12 heavy (non-hydrogen) atoms. The van der Waals surface area contributed by atoms with E-state index in [-0.39, 0.29) is 0 Å². The van der Waals surface area contributed by atoms with E-state index in [9.17, 15) is 4.79 Å². The van der Waals surface area contributed by atoms with Crippen LogP contribution in [-0.4, -0.2) is 29.8 Å². The lowest BCUT2D eigenvalue weighted by Gasteiger charge is -2.42. The molecule has 2 saturated carbocycles. The fourth-order valence-corrected chi connectivity index (χ4v) is 3.66. The van der Waals surface area contributed by atoms with E-state index >= 15 is 0 Å². The maximum absolute atomic E-state index is 10.7. The fraction of sp³-hybridized carbons (Fsp3) is 0.900. The largest absolute Gasteiger partial charge is 0.303 e. The minimum Gasteiger partial charge on any atom is -0.303 e. The second-order valence-corrected chi connectivity index (χ2v) is 4.72. The summed E-state index contributed by atoms with van der Waals surface area (Å²) < 4.78 is 0. The molecule has 0 amide bonds. The van der Waals surface area contributed by atoms with E-state index in [2.05, 4.69) is 11.9 Å². The Hall–Kier alpha value is -0.370. The molecule has 0 aromatic carbocycles. The number of aldehydes is 1. The molecule has 5 unspecified atom stereocenters. The van der Waals surface area contributed by atoms with Crippen LogP contribution in [0.1, 0.15) is 25.7 Å². The van der Waals surface area contributed by atoms with Gasteiger partial charge in [0.25, 0.3) is 0 Å². The fourth-order valence-electron chi connectivity index (χ4n) is 3.66. The van der Waals surface area contributed by atoms with Crippen LogP contribution >= 0.6 is 0 Å². The molecule has 1 aliphatic heterocycles. The molecule has 2 heteroatoms. The second kappa shape index (κ2) is 1.92. The van der Waals surface area contributed by atoms with Crippen molar-refractivity contribution in [3.05, 3.63) is 0 Å². The third-order valence-electron chi connectivity index (χ3n) is 4.54. The molecule has 2 nitrogen and oxygen atoms in total. The van der Waals surface area contributed by atoms with Gasteiger partial charge >= 0.3 is 0 Å². The van der Waals surface area contributed by atoms with Gasteiger partial charge in [0, 0.05) is 17.5 Å². The Morgan fingerprint density at radius 1 is 1.50 bits per heavy atom. The number of likely N-dealkylation sites (N-methyl/N-ethyl adjacent to an activating group) is 1. The number of nitrogens with zero attached hydrogens (tertiary/aromatic N) is 1. The summed E-state index contributed by atoms with van der Waals surface area (Å²) in [5, 5.41) is 0. The molecule has 5 atom stereocenters. The Morgan fingerprint density at radius 3 is 2.83 bits per heavy atom. The zero-order chi connectivity index (χ0) is 8.34. The lowest BCUT2D eigenvalue weighted by atomic mass is 9.62. The summed E-state index contributed by atoms with van der Waals surface area (Å²) in [6, 6.07) is 0.764. The van der Waals surface area contributed by atoms with E-state index in [1.807, 2.05) is 0 Å². The molecule has 0 N–H and O–H groups in total. The van der Waals surface area contributed by atoms with Crippen molar-refractivity contribution in [2.24, 2.45) is 11.8 Å². The number of hydrogen-bond acceptors (Lipinski definition) is 2. The van der Waals surface area contributed by atoms with E-state index in [1.54, 1.807) is 0 Å². The number of carbonyl (C=O) groups is 1. The van der Waals surface area contributed by atoms with Gasteiger partial charge in [0.2, 0.25) is 0 Å². The summed E-state index contributed by atoms with van der Waals surface area (Å²) in [6.07, 6.45) is 6.24. The van der Waals surface area contributed by atoms with Crippen molar-refractivity contribution in [2.75, 3.05) is 7.05 Å². The van der Waals surface area contributed by atoms with E-state index in [4.69, 9.17) is 0 Å². The maximum Gasteiger partial charge on any atom is 0.123 e. The smallest absolute Gasteiger partial charge is 0.123 e. The first-order chi connectivity index (χ1) is 5.79. The van der Waals surface area contributed by atoms with E-state index in [1.165, 1.54) is 25.5 Å². The predicted molar refractivity (Wildman–Crippen MR) is 45.8 cm³/mol. The molecule has 1 heterocycles. The molecule has 0 aromatic heterocycles. The molecule has 0 bridgehead atoms. The van der Waals surface area contributed by atoms with Gasteiger partial charge in [-0.3, -0.25) is 4.90 Å². The van der Waals surface area contributed by atoms with Crippen LogP contribution in [0.4, 0.5) is 0 Å². The average Bonchev–Trinajstić information content (AvgIpc) is 2.65. The van der Waals surface area contributed by atoms with Crippen molar-refractivity contribution in [1.29, 1.82) is 0 Å². The third kappa shape index (κ3) is 0.565. The van der Waals surface area contributed by atoms with E-state index in [0.29, 0.717) is 11.5 Å². The first kappa shape index (κ1) is 7.07. The lowest BCUT2D eigenvalue weighted by Crippen LogP contribution is -2.44. The van der Waals surface area contributed by atoms with Crippen LogP contribution in [0.15, 0.2) is 0 Å². The van der Waals surface area contributed by atoms with E-state index in [0.717, 1.165) is 18.4 Å². The molecule has 66 valence electrons. The van der Waals surface area contributed by atoms with Gasteiger partial charge in [-0.25, -0.2) is 0 Å². The Balaban J connectivity index is 1.84. The minimum atomic E-state index is 0.373. The van der Waals surface area contributed by atoms with Crippen molar-refractivity contribution in [1.82, 2.24) is 4.90 Å². The zero-order valence-corrected chi connectivity index (χ0v) is 7.49. The van der Waals surface area contributed by atoms with Gasteiger partial charge in [-0.2, -0.15) is 0 Å². The Labute approximate surface area is 72.9 Å². The van der Waals surface area contributed by atoms with Crippen molar-refractivity contribution < 1.29 is 4.79 Å². The average molecular weight is 165 g/mol. The van der Waals surface area contributed by atoms with Crippen LogP contribution in [0, 0.1) is 11.8 Å². The molecule has 1 saturated heterocycles. The number of carbonyl (C=O) groups excluding carboxylic acids is 1. The van der Waals surface area contributed by atoms with Gasteiger partial charge in [0.1, 0.15) is 6.29 Å². The first-order valence-electron chi connectivity index (χ1n) is 4.97. The van der Waals surface area contributed by atoms with Gasteiger partial charge in [-0.05, 0) is 38.6 Å². The molecular weight excluding hydrogens is 150 g/mol. The first-order valence-corrected chi connectivity index (χ1v) is 4.97. The minimum absolute atomic E-state index is 0.373. The van der Waals surface area contributed by atoms with Crippen LogP contribution < -0.4 is 0 Å². The lowest BCUT2D eigenvalue weighted by molar-refractivity contribution is -0.112. The monoisotopic (exact) mass is 165 g/mol. The highest BCUT2D eigenvalue weighted by Crippen LogP contribution is 2.64. The summed E-state index contributed by atoms with van der Waals surface area (Å²) in [5.74, 6) is 1.23. The van der Waals surface area contributed by atoms with Crippen LogP contribution in [0.25, 0.3) is 0 Å². The van der Waals surface area contributed by atoms with Crippen LogP contribution in [0.3, 0.4) is 0 Å². The Morgan fingerprint density at radius 2 is 2.33 bits per heavy atom. The van der Waals surface area contributed by atoms with Crippen molar-refractivity contribution >= 4 is 6.29 Å². The maximum atomic E-state index is 10.7. The highest BCUT2D eigenvalue weighted by atomic mass is 16.1. The molecule has 0 radical (unpaired) electrons. The Kier molecular flexibility index (Phi) is 1.13. The van der Waals surface area contributed by atoms with Gasteiger partial charge in [0.05, 0.1) is 0 Å². The Bertz CT molecular complexity index is 230. The van der Waals surface area contributed by atoms with Crippen LogP contribution in [0.5, 0.6) is 0 Å². The quantitative estimate of drug-likeness (QED) is 0.427. The molecular formula is C10H15NO. The topological polar surface area (TPSA) is 20.1 Å². The standard InChI is InChI=1S/C10H15NO/c1-11-9-5-7(6-12)4-8-2-3-10(8,9)11/h6-9H,2-5H2,1H3. The third-order valence-corrected chi connectivity index (χ3v) is 4.54. The molecule has 0 aromatic rings. The number of rotatable bonds is 1. The summed E-state index contributed by atoms with van der Waals surface area (Å²) in [6.45, 7) is 0. The molecule has 1 spiro atoms. The van der Waals surface area contributed by atoms with E-state index < -0.39 is 0 Å². The predicted octanol–water partition coefficient (Wildman–Crippen LogP) is 1.06. The van der Waals surface area contributed by atoms with Crippen molar-refractivity contribution in [2.45, 2.75) is 37.3 Å². The van der Waals surface area contributed by atoms with Crippen molar-refractivity contribution in [3.63, 3.8) is 0 Å². The highest BCUT2D eigenvalue weighted by Gasteiger charge is 2.70. The number of hydrogen-bond donors (Lipinski definition) is 0. The zero-order valence-electron chi connectivity index (χ0n) is 7.49. The molecule has 3 rings (SSSR count). The highest BCUT2D eigenvalue weighted by molar-refractivity contribution is 5.55. The summed E-state index contributed by atoms with van der Waals surface area (Å²) in [7, 11) is 2.23. The van der Waals surface area contributed by atoms with Crippen LogP contribution in [0.2, 0.25) is 0 Å². The van der Waals surface area contributed by atoms with Crippen LogP contribution in [-0.2, 0) is 4.79 Å².